The number of piperidine rings is 1. The van der Waals surface area contributed by atoms with Crippen molar-refractivity contribution in [2.75, 3.05) is 11.4 Å². The SMILES string of the molecule is Cc1cc(N2CCCCC2C)nc(Cl)n1. The highest BCUT2D eigenvalue weighted by atomic mass is 35.5. The predicted molar refractivity (Wildman–Crippen MR) is 62.4 cm³/mol. The van der Waals surface area contributed by atoms with Crippen LogP contribution in [0.15, 0.2) is 6.07 Å². The zero-order valence-corrected chi connectivity index (χ0v) is 9.96. The molecule has 1 aromatic heterocycles. The number of aromatic nitrogens is 2. The van der Waals surface area contributed by atoms with Crippen LogP contribution in [0.1, 0.15) is 31.9 Å². The van der Waals surface area contributed by atoms with E-state index in [4.69, 9.17) is 11.6 Å². The molecule has 0 bridgehead atoms. The van der Waals surface area contributed by atoms with Gasteiger partial charge in [0.25, 0.3) is 0 Å². The molecule has 1 saturated heterocycles. The average Bonchev–Trinajstić information content (AvgIpc) is 2.16. The van der Waals surface area contributed by atoms with Crippen LogP contribution in [0, 0.1) is 6.92 Å². The summed E-state index contributed by atoms with van der Waals surface area (Å²) in [6, 6.07) is 2.57. The number of hydrogen-bond donors (Lipinski definition) is 0. The Labute approximate surface area is 95.5 Å². The zero-order chi connectivity index (χ0) is 10.8. The van der Waals surface area contributed by atoms with E-state index in [9.17, 15) is 0 Å². The smallest absolute Gasteiger partial charge is 0.224 e. The Morgan fingerprint density at radius 1 is 1.40 bits per heavy atom. The van der Waals surface area contributed by atoms with Crippen molar-refractivity contribution in [3.05, 3.63) is 17.0 Å². The second-order valence-electron chi connectivity index (χ2n) is 4.17. The summed E-state index contributed by atoms with van der Waals surface area (Å²) in [4.78, 5) is 10.7. The first-order valence-electron chi connectivity index (χ1n) is 5.44. The van der Waals surface area contributed by atoms with Crippen LogP contribution in [0.25, 0.3) is 0 Å². The summed E-state index contributed by atoms with van der Waals surface area (Å²) in [5.41, 5.74) is 0.933. The van der Waals surface area contributed by atoms with E-state index in [1.807, 2.05) is 13.0 Å². The summed E-state index contributed by atoms with van der Waals surface area (Å²) < 4.78 is 0. The van der Waals surface area contributed by atoms with Crippen molar-refractivity contribution < 1.29 is 0 Å². The summed E-state index contributed by atoms with van der Waals surface area (Å²) in [6.07, 6.45) is 3.79. The molecule has 4 heteroatoms. The number of rotatable bonds is 1. The fourth-order valence-electron chi connectivity index (χ4n) is 2.10. The molecule has 15 heavy (non-hydrogen) atoms. The molecule has 0 amide bonds. The molecule has 0 aromatic carbocycles. The molecule has 0 N–H and O–H groups in total. The van der Waals surface area contributed by atoms with Gasteiger partial charge in [0, 0.05) is 24.3 Å². The van der Waals surface area contributed by atoms with Crippen LogP contribution in [0.5, 0.6) is 0 Å². The van der Waals surface area contributed by atoms with E-state index in [-0.39, 0.29) is 0 Å². The quantitative estimate of drug-likeness (QED) is 0.689. The number of halogens is 1. The molecule has 2 rings (SSSR count). The van der Waals surface area contributed by atoms with Crippen LogP contribution in [-0.2, 0) is 0 Å². The molecule has 2 heterocycles. The molecular weight excluding hydrogens is 210 g/mol. The number of anilines is 1. The lowest BCUT2D eigenvalue weighted by atomic mass is 10.0. The Hall–Kier alpha value is -0.830. The van der Waals surface area contributed by atoms with Gasteiger partial charge in [0.1, 0.15) is 5.82 Å². The van der Waals surface area contributed by atoms with Gasteiger partial charge in [-0.2, -0.15) is 0 Å². The van der Waals surface area contributed by atoms with Gasteiger partial charge in [-0.15, -0.1) is 0 Å². The molecule has 0 spiro atoms. The molecule has 1 unspecified atom stereocenters. The van der Waals surface area contributed by atoms with E-state index in [1.54, 1.807) is 0 Å². The van der Waals surface area contributed by atoms with Crippen molar-refractivity contribution in [2.45, 2.75) is 39.2 Å². The van der Waals surface area contributed by atoms with Crippen LogP contribution in [0.3, 0.4) is 0 Å². The minimum atomic E-state index is 0.350. The molecule has 1 aliphatic heterocycles. The lowest BCUT2D eigenvalue weighted by Gasteiger charge is -2.34. The van der Waals surface area contributed by atoms with Crippen LogP contribution in [0.2, 0.25) is 5.28 Å². The van der Waals surface area contributed by atoms with Gasteiger partial charge in [0.2, 0.25) is 5.28 Å². The van der Waals surface area contributed by atoms with Crippen molar-refractivity contribution in [1.29, 1.82) is 0 Å². The summed E-state index contributed by atoms with van der Waals surface area (Å²) in [6.45, 7) is 5.27. The highest BCUT2D eigenvalue weighted by molar-refractivity contribution is 6.28. The first kappa shape index (κ1) is 10.7. The Morgan fingerprint density at radius 2 is 2.20 bits per heavy atom. The van der Waals surface area contributed by atoms with Gasteiger partial charge in [-0.05, 0) is 44.7 Å². The van der Waals surface area contributed by atoms with Crippen molar-refractivity contribution in [2.24, 2.45) is 0 Å². The Balaban J connectivity index is 2.27. The number of hydrogen-bond acceptors (Lipinski definition) is 3. The lowest BCUT2D eigenvalue weighted by molar-refractivity contribution is 0.481. The van der Waals surface area contributed by atoms with Crippen LogP contribution >= 0.6 is 11.6 Å². The van der Waals surface area contributed by atoms with Crippen LogP contribution < -0.4 is 4.90 Å². The summed E-state index contributed by atoms with van der Waals surface area (Å²) in [5, 5.41) is 0.350. The third-order valence-corrected chi connectivity index (χ3v) is 3.08. The second kappa shape index (κ2) is 4.35. The summed E-state index contributed by atoms with van der Waals surface area (Å²) in [7, 11) is 0. The fraction of sp³-hybridized carbons (Fsp3) is 0.636. The fourth-order valence-corrected chi connectivity index (χ4v) is 2.32. The molecule has 0 saturated carbocycles. The lowest BCUT2D eigenvalue weighted by Crippen LogP contribution is -2.38. The Kier molecular flexibility index (Phi) is 3.10. The molecule has 3 nitrogen and oxygen atoms in total. The number of nitrogens with zero attached hydrogens (tertiary/aromatic N) is 3. The van der Waals surface area contributed by atoms with E-state index in [0.717, 1.165) is 18.1 Å². The molecule has 1 atom stereocenters. The highest BCUT2D eigenvalue weighted by Crippen LogP contribution is 2.23. The van der Waals surface area contributed by atoms with Crippen LogP contribution in [-0.4, -0.2) is 22.6 Å². The maximum atomic E-state index is 5.87. The minimum Gasteiger partial charge on any atom is -0.354 e. The van der Waals surface area contributed by atoms with E-state index in [0.29, 0.717) is 11.3 Å². The van der Waals surface area contributed by atoms with Crippen molar-refractivity contribution in [3.63, 3.8) is 0 Å². The maximum Gasteiger partial charge on any atom is 0.224 e. The second-order valence-corrected chi connectivity index (χ2v) is 4.51. The topological polar surface area (TPSA) is 29.0 Å². The summed E-state index contributed by atoms with van der Waals surface area (Å²) in [5.74, 6) is 0.972. The molecule has 1 aromatic rings. The largest absolute Gasteiger partial charge is 0.354 e. The number of aryl methyl sites for hydroxylation is 1. The van der Waals surface area contributed by atoms with E-state index in [1.165, 1.54) is 19.3 Å². The molecule has 82 valence electrons. The van der Waals surface area contributed by atoms with Gasteiger partial charge in [-0.3, -0.25) is 0 Å². The molecular formula is C11H16ClN3. The predicted octanol–water partition coefficient (Wildman–Crippen LogP) is 2.82. The third-order valence-electron chi connectivity index (χ3n) is 2.91. The monoisotopic (exact) mass is 225 g/mol. The van der Waals surface area contributed by atoms with Gasteiger partial charge in [0.15, 0.2) is 0 Å². The summed E-state index contributed by atoms with van der Waals surface area (Å²) >= 11 is 5.87. The van der Waals surface area contributed by atoms with Crippen molar-refractivity contribution in [3.8, 4) is 0 Å². The minimum absolute atomic E-state index is 0.350. The first-order chi connectivity index (χ1) is 7.16. The standard InChI is InChI=1S/C11H16ClN3/c1-8-7-10(14-11(12)13-8)15-6-4-3-5-9(15)2/h7,9H,3-6H2,1-2H3. The van der Waals surface area contributed by atoms with E-state index < -0.39 is 0 Å². The van der Waals surface area contributed by atoms with Gasteiger partial charge >= 0.3 is 0 Å². The van der Waals surface area contributed by atoms with Gasteiger partial charge in [-0.1, -0.05) is 0 Å². The normalized spacial score (nSPS) is 21.8. The van der Waals surface area contributed by atoms with Gasteiger partial charge < -0.3 is 4.90 Å². The third kappa shape index (κ3) is 2.40. The zero-order valence-electron chi connectivity index (χ0n) is 9.20. The molecule has 1 fully saturated rings. The van der Waals surface area contributed by atoms with Gasteiger partial charge in [0.05, 0.1) is 0 Å². The van der Waals surface area contributed by atoms with Gasteiger partial charge in [-0.25, -0.2) is 9.97 Å². The van der Waals surface area contributed by atoms with Crippen molar-refractivity contribution in [1.82, 2.24) is 9.97 Å². The van der Waals surface area contributed by atoms with E-state index >= 15 is 0 Å². The molecule has 0 aliphatic carbocycles. The average molecular weight is 226 g/mol. The molecule has 1 aliphatic rings. The highest BCUT2D eigenvalue weighted by Gasteiger charge is 2.20. The Bertz CT molecular complexity index is 333. The van der Waals surface area contributed by atoms with Crippen molar-refractivity contribution >= 4 is 17.4 Å². The van der Waals surface area contributed by atoms with Crippen LogP contribution in [0.4, 0.5) is 5.82 Å². The maximum absolute atomic E-state index is 5.87. The first-order valence-corrected chi connectivity index (χ1v) is 5.82. The Morgan fingerprint density at radius 3 is 2.87 bits per heavy atom. The van der Waals surface area contributed by atoms with E-state index in [2.05, 4.69) is 21.8 Å². The molecule has 0 radical (unpaired) electrons.